The normalized spacial score (nSPS) is 10.1. The molecule has 0 saturated carbocycles. The molecule has 2 N–H and O–H groups in total. The Balaban J connectivity index is 2.22. The number of carboxylic acids is 1. The number of rotatable bonds is 7. The molecular weight excluding hydrogens is 237 g/mol. The summed E-state index contributed by atoms with van der Waals surface area (Å²) < 4.78 is 13.2. The molecule has 0 fully saturated rings. The maximum absolute atomic E-state index is 13.2. The van der Waals surface area contributed by atoms with E-state index in [1.165, 1.54) is 18.2 Å². The zero-order valence-corrected chi connectivity index (χ0v) is 9.99. The smallest absolute Gasteiger partial charge is 0.303 e. The van der Waals surface area contributed by atoms with Crippen molar-refractivity contribution in [2.24, 2.45) is 0 Å². The molecule has 1 rings (SSSR count). The van der Waals surface area contributed by atoms with Crippen LogP contribution in [-0.4, -0.2) is 23.5 Å². The number of carboxylic acid groups (broad SMARTS) is 1. The second-order valence-electron chi connectivity index (χ2n) is 3.94. The van der Waals surface area contributed by atoms with E-state index < -0.39 is 17.7 Å². The summed E-state index contributed by atoms with van der Waals surface area (Å²) in [6, 6.07) is 5.79. The second-order valence-corrected chi connectivity index (χ2v) is 3.94. The van der Waals surface area contributed by atoms with Gasteiger partial charge in [-0.3, -0.25) is 9.59 Å². The maximum Gasteiger partial charge on any atom is 0.303 e. The lowest BCUT2D eigenvalue weighted by molar-refractivity contribution is -0.137. The van der Waals surface area contributed by atoms with Gasteiger partial charge in [0.25, 0.3) is 5.91 Å². The Morgan fingerprint density at radius 2 is 1.89 bits per heavy atom. The molecule has 0 aliphatic heterocycles. The summed E-state index contributed by atoms with van der Waals surface area (Å²) in [6.07, 6.45) is 2.14. The van der Waals surface area contributed by atoms with Gasteiger partial charge in [-0.2, -0.15) is 0 Å². The zero-order chi connectivity index (χ0) is 13.4. The molecule has 0 aliphatic rings. The molecule has 1 aromatic rings. The molecule has 0 saturated heterocycles. The second kappa shape index (κ2) is 7.42. The fourth-order valence-corrected chi connectivity index (χ4v) is 1.52. The third-order valence-electron chi connectivity index (χ3n) is 2.47. The molecule has 1 aromatic carbocycles. The standard InChI is InChI=1S/C13H16FNO3/c14-11-7-4-3-6-10(11)13(18)15-9-5-1-2-8-12(16)17/h3-4,6-7H,1-2,5,8-9H2,(H,15,18)(H,16,17). The maximum atomic E-state index is 13.2. The van der Waals surface area contributed by atoms with E-state index in [2.05, 4.69) is 5.32 Å². The molecule has 0 bridgehead atoms. The lowest BCUT2D eigenvalue weighted by Crippen LogP contribution is -2.25. The van der Waals surface area contributed by atoms with Gasteiger partial charge in [0.2, 0.25) is 0 Å². The molecule has 0 atom stereocenters. The van der Waals surface area contributed by atoms with Gasteiger partial charge in [-0.05, 0) is 25.0 Å². The number of hydrogen-bond acceptors (Lipinski definition) is 2. The fourth-order valence-electron chi connectivity index (χ4n) is 1.52. The summed E-state index contributed by atoms with van der Waals surface area (Å²) in [7, 11) is 0. The quantitative estimate of drug-likeness (QED) is 0.732. The van der Waals surface area contributed by atoms with Crippen molar-refractivity contribution in [1.29, 1.82) is 0 Å². The average Bonchev–Trinajstić information content (AvgIpc) is 2.33. The van der Waals surface area contributed by atoms with Crippen LogP contribution < -0.4 is 5.32 Å². The Kier molecular flexibility index (Phi) is 5.84. The van der Waals surface area contributed by atoms with Crippen LogP contribution in [0.1, 0.15) is 36.0 Å². The first-order chi connectivity index (χ1) is 8.61. The highest BCUT2D eigenvalue weighted by molar-refractivity contribution is 5.94. The average molecular weight is 253 g/mol. The van der Waals surface area contributed by atoms with Gasteiger partial charge >= 0.3 is 5.97 Å². The van der Waals surface area contributed by atoms with Gasteiger partial charge in [-0.15, -0.1) is 0 Å². The van der Waals surface area contributed by atoms with Crippen LogP contribution in [0, 0.1) is 5.82 Å². The van der Waals surface area contributed by atoms with Crippen molar-refractivity contribution < 1.29 is 19.1 Å². The lowest BCUT2D eigenvalue weighted by atomic mass is 10.1. The van der Waals surface area contributed by atoms with E-state index in [-0.39, 0.29) is 12.0 Å². The molecule has 0 radical (unpaired) electrons. The molecule has 0 aromatic heterocycles. The van der Waals surface area contributed by atoms with Crippen molar-refractivity contribution in [1.82, 2.24) is 5.32 Å². The van der Waals surface area contributed by atoms with E-state index in [9.17, 15) is 14.0 Å². The van der Waals surface area contributed by atoms with Gasteiger partial charge in [-0.1, -0.05) is 18.6 Å². The number of nitrogens with one attached hydrogen (secondary N) is 1. The van der Waals surface area contributed by atoms with Crippen molar-refractivity contribution >= 4 is 11.9 Å². The van der Waals surface area contributed by atoms with Crippen molar-refractivity contribution in [3.63, 3.8) is 0 Å². The minimum absolute atomic E-state index is 0.0306. The van der Waals surface area contributed by atoms with Crippen LogP contribution in [0.4, 0.5) is 4.39 Å². The first-order valence-corrected chi connectivity index (χ1v) is 5.86. The van der Waals surface area contributed by atoms with E-state index in [4.69, 9.17) is 5.11 Å². The summed E-state index contributed by atoms with van der Waals surface area (Å²) in [5.74, 6) is -1.79. The number of aliphatic carboxylic acids is 1. The molecule has 0 spiro atoms. The fraction of sp³-hybridized carbons (Fsp3) is 0.385. The molecule has 0 heterocycles. The summed E-state index contributed by atoms with van der Waals surface area (Å²) in [6.45, 7) is 0.423. The number of amides is 1. The van der Waals surface area contributed by atoms with Gasteiger partial charge in [0.1, 0.15) is 5.82 Å². The molecular formula is C13H16FNO3. The molecule has 1 amide bonds. The van der Waals surface area contributed by atoms with Crippen LogP contribution in [0.15, 0.2) is 24.3 Å². The Hall–Kier alpha value is -1.91. The number of carbonyl (C=O) groups excluding carboxylic acids is 1. The molecule has 0 aliphatic carbocycles. The minimum atomic E-state index is -0.814. The Bertz CT molecular complexity index is 420. The van der Waals surface area contributed by atoms with E-state index in [0.29, 0.717) is 19.4 Å². The SMILES string of the molecule is O=C(O)CCCCCNC(=O)c1ccccc1F. The number of unbranched alkanes of at least 4 members (excludes halogenated alkanes) is 2. The van der Waals surface area contributed by atoms with Crippen LogP contribution in [0.25, 0.3) is 0 Å². The summed E-state index contributed by atoms with van der Waals surface area (Å²) in [4.78, 5) is 21.8. The van der Waals surface area contributed by atoms with Crippen molar-refractivity contribution in [3.8, 4) is 0 Å². The monoisotopic (exact) mass is 253 g/mol. The largest absolute Gasteiger partial charge is 0.481 e. The van der Waals surface area contributed by atoms with E-state index in [0.717, 1.165) is 6.42 Å². The highest BCUT2D eigenvalue weighted by Crippen LogP contribution is 2.06. The first-order valence-electron chi connectivity index (χ1n) is 5.86. The van der Waals surface area contributed by atoms with Gasteiger partial charge in [0, 0.05) is 13.0 Å². The van der Waals surface area contributed by atoms with E-state index in [1.807, 2.05) is 0 Å². The molecule has 98 valence electrons. The highest BCUT2D eigenvalue weighted by atomic mass is 19.1. The summed E-state index contributed by atoms with van der Waals surface area (Å²) in [5.41, 5.74) is 0.0306. The summed E-state index contributed by atoms with van der Waals surface area (Å²) in [5, 5.41) is 11.0. The van der Waals surface area contributed by atoms with Crippen molar-refractivity contribution in [2.45, 2.75) is 25.7 Å². The third-order valence-corrected chi connectivity index (χ3v) is 2.47. The zero-order valence-electron chi connectivity index (χ0n) is 9.99. The van der Waals surface area contributed by atoms with Crippen LogP contribution >= 0.6 is 0 Å². The number of carbonyl (C=O) groups is 2. The van der Waals surface area contributed by atoms with E-state index in [1.54, 1.807) is 6.07 Å². The molecule has 5 heteroatoms. The topological polar surface area (TPSA) is 66.4 Å². The van der Waals surface area contributed by atoms with Gasteiger partial charge in [0.15, 0.2) is 0 Å². The van der Waals surface area contributed by atoms with Gasteiger partial charge in [0.05, 0.1) is 5.56 Å². The van der Waals surface area contributed by atoms with Crippen LogP contribution in [0.3, 0.4) is 0 Å². The van der Waals surface area contributed by atoms with Crippen molar-refractivity contribution in [3.05, 3.63) is 35.6 Å². The predicted octanol–water partition coefficient (Wildman–Crippen LogP) is 2.20. The van der Waals surface area contributed by atoms with Gasteiger partial charge in [-0.25, -0.2) is 4.39 Å². The van der Waals surface area contributed by atoms with Crippen LogP contribution in [0.2, 0.25) is 0 Å². The van der Waals surface area contributed by atoms with Crippen LogP contribution in [-0.2, 0) is 4.79 Å². The first kappa shape index (κ1) is 14.2. The number of benzene rings is 1. The Labute approximate surface area is 105 Å². The third kappa shape index (κ3) is 4.95. The van der Waals surface area contributed by atoms with E-state index >= 15 is 0 Å². The predicted molar refractivity (Wildman–Crippen MR) is 64.8 cm³/mol. The molecule has 0 unspecified atom stereocenters. The Morgan fingerprint density at radius 1 is 1.17 bits per heavy atom. The summed E-state index contributed by atoms with van der Waals surface area (Å²) >= 11 is 0. The number of halogens is 1. The highest BCUT2D eigenvalue weighted by Gasteiger charge is 2.09. The number of hydrogen-bond donors (Lipinski definition) is 2. The lowest BCUT2D eigenvalue weighted by Gasteiger charge is -2.05. The Morgan fingerprint density at radius 3 is 2.56 bits per heavy atom. The molecule has 18 heavy (non-hydrogen) atoms. The van der Waals surface area contributed by atoms with Crippen molar-refractivity contribution in [2.75, 3.05) is 6.54 Å². The van der Waals surface area contributed by atoms with Gasteiger partial charge < -0.3 is 10.4 Å². The molecule has 4 nitrogen and oxygen atoms in total. The minimum Gasteiger partial charge on any atom is -0.481 e. The van der Waals surface area contributed by atoms with Crippen LogP contribution in [0.5, 0.6) is 0 Å².